The van der Waals surface area contributed by atoms with Gasteiger partial charge in [0.15, 0.2) is 5.13 Å². The van der Waals surface area contributed by atoms with Gasteiger partial charge in [-0.1, -0.05) is 54.7 Å². The third-order valence-corrected chi connectivity index (χ3v) is 6.69. The van der Waals surface area contributed by atoms with Crippen molar-refractivity contribution >= 4 is 51.5 Å². The number of hydrogen-bond donors (Lipinski definition) is 1. The Kier molecular flexibility index (Phi) is 8.72. The van der Waals surface area contributed by atoms with E-state index in [0.29, 0.717) is 22.2 Å². The van der Waals surface area contributed by atoms with Crippen molar-refractivity contribution in [3.05, 3.63) is 69.0 Å². The van der Waals surface area contributed by atoms with Gasteiger partial charge in [-0.25, -0.2) is 4.98 Å². The summed E-state index contributed by atoms with van der Waals surface area (Å²) in [5.41, 5.74) is 3.25. The Bertz CT molecular complexity index is 1120. The van der Waals surface area contributed by atoms with Crippen LogP contribution in [0.1, 0.15) is 35.7 Å². The fraction of sp³-hybridized carbons (Fsp3) is 0.292. The van der Waals surface area contributed by atoms with Crippen LogP contribution in [0.15, 0.2) is 47.8 Å². The first kappa shape index (κ1) is 25.0. The molecule has 174 valence electrons. The van der Waals surface area contributed by atoms with Crippen LogP contribution in [-0.4, -0.2) is 47.0 Å². The van der Waals surface area contributed by atoms with Gasteiger partial charge in [0, 0.05) is 36.6 Å². The maximum Gasteiger partial charge on any atom is 0.323 e. The number of amides is 1. The van der Waals surface area contributed by atoms with Crippen LogP contribution in [0.25, 0.3) is 11.3 Å². The Morgan fingerprint density at radius 1 is 1.09 bits per heavy atom. The zero-order valence-corrected chi connectivity index (χ0v) is 20.8. The zero-order chi connectivity index (χ0) is 24.0. The normalized spacial score (nSPS) is 10.8. The number of rotatable bonds is 10. The number of likely N-dealkylation sites (N-methyl/N-ethyl adjacent to an activating group) is 1. The summed E-state index contributed by atoms with van der Waals surface area (Å²) in [6, 6.07) is 12.7. The molecule has 0 aliphatic heterocycles. The third kappa shape index (κ3) is 6.69. The fourth-order valence-electron chi connectivity index (χ4n) is 3.26. The van der Waals surface area contributed by atoms with Crippen molar-refractivity contribution < 1.29 is 14.7 Å². The van der Waals surface area contributed by atoms with Crippen LogP contribution in [0.3, 0.4) is 0 Å². The van der Waals surface area contributed by atoms with E-state index in [1.807, 2.05) is 29.6 Å². The van der Waals surface area contributed by atoms with E-state index in [1.165, 1.54) is 11.9 Å². The van der Waals surface area contributed by atoms with Crippen molar-refractivity contribution in [2.45, 2.75) is 26.3 Å². The van der Waals surface area contributed by atoms with Crippen LogP contribution in [0.5, 0.6) is 0 Å². The number of carbonyl (C=O) groups is 2. The Balaban J connectivity index is 1.76. The quantitative estimate of drug-likeness (QED) is 0.361. The van der Waals surface area contributed by atoms with Gasteiger partial charge in [0.25, 0.3) is 5.91 Å². The lowest BCUT2D eigenvalue weighted by molar-refractivity contribution is -0.137. The first-order chi connectivity index (χ1) is 15.8. The van der Waals surface area contributed by atoms with E-state index in [2.05, 4.69) is 11.8 Å². The molecule has 0 unspecified atom stereocenters. The van der Waals surface area contributed by atoms with Crippen molar-refractivity contribution in [2.75, 3.05) is 25.0 Å². The Labute approximate surface area is 207 Å². The molecule has 9 heteroatoms. The van der Waals surface area contributed by atoms with Gasteiger partial charge >= 0.3 is 5.97 Å². The second kappa shape index (κ2) is 11.5. The van der Waals surface area contributed by atoms with E-state index in [-0.39, 0.29) is 12.5 Å². The molecule has 0 saturated carbocycles. The van der Waals surface area contributed by atoms with Crippen LogP contribution in [-0.2, 0) is 11.3 Å². The standard InChI is InChI=1S/C24H25Cl2N3O3S/c1-3-4-11-29(24-27-21(15-33-24)18-9-10-19(25)20(26)12-18)13-16-5-7-17(8-6-16)23(32)28(2)14-22(30)31/h5-10,12,15H,3-4,11,13-14H2,1-2H3,(H,30,31). The molecule has 0 saturated heterocycles. The van der Waals surface area contributed by atoms with Gasteiger partial charge in [0.2, 0.25) is 0 Å². The number of hydrogen-bond acceptors (Lipinski definition) is 5. The second-order valence-corrected chi connectivity index (χ2v) is 9.32. The Morgan fingerprint density at radius 3 is 2.45 bits per heavy atom. The largest absolute Gasteiger partial charge is 0.480 e. The van der Waals surface area contributed by atoms with E-state index in [1.54, 1.807) is 29.5 Å². The molecule has 0 atom stereocenters. The lowest BCUT2D eigenvalue weighted by Gasteiger charge is -2.22. The third-order valence-electron chi connectivity index (χ3n) is 5.05. The summed E-state index contributed by atoms with van der Waals surface area (Å²) in [7, 11) is 1.48. The number of carboxylic acid groups (broad SMARTS) is 1. The lowest BCUT2D eigenvalue weighted by atomic mass is 10.1. The predicted octanol–water partition coefficient (Wildman–Crippen LogP) is 6.08. The molecular formula is C24H25Cl2N3O3S. The van der Waals surface area contributed by atoms with E-state index >= 15 is 0 Å². The van der Waals surface area contributed by atoms with Crippen LogP contribution in [0.4, 0.5) is 5.13 Å². The minimum atomic E-state index is -1.04. The number of carboxylic acids is 1. The van der Waals surface area contributed by atoms with Crippen LogP contribution < -0.4 is 4.90 Å². The number of aromatic nitrogens is 1. The summed E-state index contributed by atoms with van der Waals surface area (Å²) in [6.45, 7) is 3.31. The van der Waals surface area contributed by atoms with Gasteiger partial charge in [-0.15, -0.1) is 11.3 Å². The van der Waals surface area contributed by atoms with Gasteiger partial charge in [-0.05, 0) is 36.2 Å². The van der Waals surface area contributed by atoms with Crippen LogP contribution in [0.2, 0.25) is 10.0 Å². The van der Waals surface area contributed by atoms with Crippen molar-refractivity contribution in [3.63, 3.8) is 0 Å². The molecule has 0 spiro atoms. The van der Waals surface area contributed by atoms with E-state index in [0.717, 1.165) is 41.3 Å². The van der Waals surface area contributed by atoms with Crippen molar-refractivity contribution in [3.8, 4) is 11.3 Å². The van der Waals surface area contributed by atoms with Crippen LogP contribution in [0, 0.1) is 0 Å². The number of benzene rings is 2. The average Bonchev–Trinajstić information content (AvgIpc) is 3.28. The van der Waals surface area contributed by atoms with E-state index in [4.69, 9.17) is 33.3 Å². The van der Waals surface area contributed by atoms with E-state index < -0.39 is 5.97 Å². The monoisotopic (exact) mass is 505 g/mol. The fourth-order valence-corrected chi connectivity index (χ4v) is 4.42. The Morgan fingerprint density at radius 2 is 1.82 bits per heavy atom. The van der Waals surface area contributed by atoms with Gasteiger partial charge in [0.05, 0.1) is 15.7 Å². The molecule has 3 rings (SSSR count). The summed E-state index contributed by atoms with van der Waals surface area (Å²) in [4.78, 5) is 31.5. The number of carbonyl (C=O) groups excluding carboxylic acids is 1. The molecule has 1 amide bonds. The number of halogens is 2. The summed E-state index contributed by atoms with van der Waals surface area (Å²) < 4.78 is 0. The summed E-state index contributed by atoms with van der Waals surface area (Å²) in [5, 5.41) is 12.8. The molecule has 33 heavy (non-hydrogen) atoms. The highest BCUT2D eigenvalue weighted by molar-refractivity contribution is 7.14. The van der Waals surface area contributed by atoms with Gasteiger partial charge in [-0.2, -0.15) is 0 Å². The number of unbranched alkanes of at least 4 members (excludes halogenated alkanes) is 1. The highest BCUT2D eigenvalue weighted by Crippen LogP contribution is 2.32. The van der Waals surface area contributed by atoms with Crippen molar-refractivity contribution in [1.82, 2.24) is 9.88 Å². The highest BCUT2D eigenvalue weighted by atomic mass is 35.5. The number of nitrogens with zero attached hydrogens (tertiary/aromatic N) is 3. The molecule has 6 nitrogen and oxygen atoms in total. The maximum atomic E-state index is 12.4. The molecular weight excluding hydrogens is 481 g/mol. The minimum absolute atomic E-state index is 0.321. The second-order valence-electron chi connectivity index (χ2n) is 7.67. The number of anilines is 1. The van der Waals surface area contributed by atoms with Gasteiger partial charge < -0.3 is 14.9 Å². The highest BCUT2D eigenvalue weighted by Gasteiger charge is 2.16. The summed E-state index contributed by atoms with van der Waals surface area (Å²) in [6.07, 6.45) is 2.09. The van der Waals surface area contributed by atoms with Crippen LogP contribution >= 0.6 is 34.5 Å². The number of thiazole rings is 1. The molecule has 0 bridgehead atoms. The SMILES string of the molecule is CCCCN(Cc1ccc(C(=O)N(C)CC(=O)O)cc1)c1nc(-c2ccc(Cl)c(Cl)c2)cs1. The molecule has 0 radical (unpaired) electrons. The summed E-state index contributed by atoms with van der Waals surface area (Å²) in [5.74, 6) is -1.37. The zero-order valence-electron chi connectivity index (χ0n) is 18.4. The van der Waals surface area contributed by atoms with Gasteiger partial charge in [0.1, 0.15) is 6.54 Å². The first-order valence-corrected chi connectivity index (χ1v) is 12.1. The first-order valence-electron chi connectivity index (χ1n) is 10.5. The molecule has 0 aliphatic rings. The van der Waals surface area contributed by atoms with Crippen molar-refractivity contribution in [2.24, 2.45) is 0 Å². The molecule has 1 heterocycles. The Hall–Kier alpha value is -2.61. The molecule has 1 N–H and O–H groups in total. The van der Waals surface area contributed by atoms with E-state index in [9.17, 15) is 9.59 Å². The topological polar surface area (TPSA) is 73.7 Å². The molecule has 0 aliphatic carbocycles. The maximum absolute atomic E-state index is 12.4. The molecule has 1 aromatic heterocycles. The minimum Gasteiger partial charge on any atom is -0.480 e. The van der Waals surface area contributed by atoms with Gasteiger partial charge in [-0.3, -0.25) is 9.59 Å². The smallest absolute Gasteiger partial charge is 0.323 e. The molecule has 2 aromatic carbocycles. The number of aliphatic carboxylic acids is 1. The molecule has 3 aromatic rings. The van der Waals surface area contributed by atoms with Crippen molar-refractivity contribution in [1.29, 1.82) is 0 Å². The lowest BCUT2D eigenvalue weighted by Crippen LogP contribution is -2.31. The average molecular weight is 506 g/mol. The summed E-state index contributed by atoms with van der Waals surface area (Å²) >= 11 is 13.8. The predicted molar refractivity (Wildman–Crippen MR) is 135 cm³/mol. The molecule has 0 fully saturated rings.